The zero-order chi connectivity index (χ0) is 28.4. The van der Waals surface area contributed by atoms with Crippen LogP contribution in [0.1, 0.15) is 60.8 Å². The van der Waals surface area contributed by atoms with Gasteiger partial charge in [-0.15, -0.1) is 0 Å². The fraction of sp³-hybridized carbons (Fsp3) is 0.419. The predicted molar refractivity (Wildman–Crippen MR) is 149 cm³/mol. The van der Waals surface area contributed by atoms with Gasteiger partial charge in [0.05, 0.1) is 36.6 Å². The molecule has 212 valence electrons. The second-order valence-electron chi connectivity index (χ2n) is 10.8. The summed E-state index contributed by atoms with van der Waals surface area (Å²) in [6.45, 7) is 8.56. The highest BCUT2D eigenvalue weighted by molar-refractivity contribution is 5.84. The van der Waals surface area contributed by atoms with Crippen LogP contribution in [-0.4, -0.2) is 51.8 Å². The number of likely N-dealkylation sites (tertiary alicyclic amines) is 1. The third-order valence-electron chi connectivity index (χ3n) is 7.82. The average molecular weight is 550 g/mol. The molecular weight excluding hydrogens is 513 g/mol. The summed E-state index contributed by atoms with van der Waals surface area (Å²) >= 11 is 0. The van der Waals surface area contributed by atoms with E-state index in [2.05, 4.69) is 16.0 Å². The highest BCUT2D eigenvalue weighted by atomic mass is 19.1. The van der Waals surface area contributed by atoms with Crippen molar-refractivity contribution in [3.8, 4) is 11.5 Å². The highest BCUT2D eigenvalue weighted by Gasteiger charge is 2.42. The largest absolute Gasteiger partial charge is 0.478 e. The van der Waals surface area contributed by atoms with Gasteiger partial charge in [0.25, 0.3) is 5.79 Å². The number of hydrogen-bond acceptors (Lipinski definition) is 6. The number of carbonyl (C=O) groups is 1. The molecule has 0 aliphatic carbocycles. The Labute approximate surface area is 234 Å². The first-order valence-corrected chi connectivity index (χ1v) is 13.6. The minimum absolute atomic E-state index is 0.0443. The molecule has 1 N–H and O–H groups in total. The quantitative estimate of drug-likeness (QED) is 0.354. The van der Waals surface area contributed by atoms with Gasteiger partial charge in [-0.1, -0.05) is 18.2 Å². The first-order valence-electron chi connectivity index (χ1n) is 13.6. The lowest BCUT2D eigenvalue weighted by molar-refractivity contribution is -0.131. The van der Waals surface area contributed by atoms with Crippen LogP contribution < -0.4 is 9.47 Å². The van der Waals surface area contributed by atoms with Crippen molar-refractivity contribution in [2.45, 2.75) is 64.5 Å². The molecule has 2 unspecified atom stereocenters. The minimum Gasteiger partial charge on any atom is -0.478 e. The number of hydrogen-bond donors (Lipinski definition) is 1. The maximum Gasteiger partial charge on any atom is 0.328 e. The predicted octanol–water partition coefficient (Wildman–Crippen LogP) is 5.49. The summed E-state index contributed by atoms with van der Waals surface area (Å²) in [4.78, 5) is 18.0. The molecule has 5 rings (SSSR count). The van der Waals surface area contributed by atoms with E-state index in [1.807, 2.05) is 36.6 Å². The standard InChI is InChI=1S/C31H36FN3O5/c1-20-8-10-25(26(32)16-20)31(3)39-27-7-5-6-24(30(27)40-31)22-12-14-34(15-13-22)19-28-33-17-23(9-11-29(36)37)35(28)18-21(2)38-4/h5-11,16-17,21-22H,12-15,18-19H2,1-4H3,(H,36,37)/b11-9+. The van der Waals surface area contributed by atoms with Crippen LogP contribution in [0.25, 0.3) is 6.08 Å². The van der Waals surface area contributed by atoms with Crippen molar-refractivity contribution in [3.63, 3.8) is 0 Å². The van der Waals surface area contributed by atoms with Crippen LogP contribution in [0.2, 0.25) is 0 Å². The Morgan fingerprint density at radius 2 is 2.05 bits per heavy atom. The van der Waals surface area contributed by atoms with Gasteiger partial charge >= 0.3 is 5.97 Å². The molecule has 0 amide bonds. The number of aromatic nitrogens is 2. The third-order valence-corrected chi connectivity index (χ3v) is 7.82. The summed E-state index contributed by atoms with van der Waals surface area (Å²) in [5, 5.41) is 9.06. The second-order valence-corrected chi connectivity index (χ2v) is 10.8. The number of halogens is 1. The molecule has 40 heavy (non-hydrogen) atoms. The number of fused-ring (bicyclic) bond motifs is 1. The first-order chi connectivity index (χ1) is 19.2. The molecular formula is C31H36FN3O5. The Morgan fingerprint density at radius 3 is 2.75 bits per heavy atom. The van der Waals surface area contributed by atoms with Gasteiger partial charge in [-0.2, -0.15) is 0 Å². The van der Waals surface area contributed by atoms with Crippen LogP contribution in [0, 0.1) is 12.7 Å². The number of piperidine rings is 1. The van der Waals surface area contributed by atoms with E-state index in [9.17, 15) is 9.18 Å². The van der Waals surface area contributed by atoms with Crippen molar-refractivity contribution in [1.82, 2.24) is 14.5 Å². The lowest BCUT2D eigenvalue weighted by Crippen LogP contribution is -2.34. The van der Waals surface area contributed by atoms with E-state index < -0.39 is 11.8 Å². The number of benzene rings is 2. The molecule has 0 bridgehead atoms. The fourth-order valence-electron chi connectivity index (χ4n) is 5.56. The Morgan fingerprint density at radius 1 is 1.27 bits per heavy atom. The van der Waals surface area contributed by atoms with Crippen LogP contribution >= 0.6 is 0 Å². The van der Waals surface area contributed by atoms with Crippen molar-refractivity contribution in [1.29, 1.82) is 0 Å². The minimum atomic E-state index is -1.22. The fourth-order valence-corrected chi connectivity index (χ4v) is 5.56. The molecule has 1 saturated heterocycles. The lowest BCUT2D eigenvalue weighted by Gasteiger charge is -2.32. The zero-order valence-corrected chi connectivity index (χ0v) is 23.4. The van der Waals surface area contributed by atoms with Crippen LogP contribution in [0.15, 0.2) is 48.7 Å². The monoisotopic (exact) mass is 549 g/mol. The third kappa shape index (κ3) is 5.76. The van der Waals surface area contributed by atoms with E-state index >= 15 is 0 Å². The number of para-hydroxylation sites is 1. The summed E-state index contributed by atoms with van der Waals surface area (Å²) in [5.41, 5.74) is 3.05. The van der Waals surface area contributed by atoms with Crippen LogP contribution in [0.5, 0.6) is 11.5 Å². The topological polar surface area (TPSA) is 86.0 Å². The molecule has 1 aromatic heterocycles. The van der Waals surface area contributed by atoms with E-state index in [0.29, 0.717) is 30.2 Å². The van der Waals surface area contributed by atoms with E-state index in [1.165, 1.54) is 6.07 Å². The first kappa shape index (κ1) is 27.9. The van der Waals surface area contributed by atoms with Gasteiger partial charge in [0.2, 0.25) is 0 Å². The molecule has 0 spiro atoms. The summed E-state index contributed by atoms with van der Waals surface area (Å²) < 4.78 is 34.9. The van der Waals surface area contributed by atoms with Crippen LogP contribution in [0.3, 0.4) is 0 Å². The smallest absolute Gasteiger partial charge is 0.328 e. The molecule has 2 atom stereocenters. The number of nitrogens with zero attached hydrogens (tertiary/aromatic N) is 3. The maximum atomic E-state index is 14.8. The zero-order valence-electron chi connectivity index (χ0n) is 23.4. The van der Waals surface area contributed by atoms with Gasteiger partial charge in [-0.25, -0.2) is 14.2 Å². The molecule has 3 aromatic rings. The Hall–Kier alpha value is -3.69. The second kappa shape index (κ2) is 11.4. The Bertz CT molecular complexity index is 1410. The molecule has 8 nitrogen and oxygen atoms in total. The van der Waals surface area contributed by atoms with Crippen molar-refractivity contribution in [2.75, 3.05) is 20.2 Å². The van der Waals surface area contributed by atoms with E-state index in [-0.39, 0.29) is 17.8 Å². The van der Waals surface area contributed by atoms with Gasteiger partial charge in [-0.3, -0.25) is 4.90 Å². The van der Waals surface area contributed by atoms with E-state index in [1.54, 1.807) is 32.4 Å². The molecule has 2 aliphatic heterocycles. The number of carboxylic acid groups (broad SMARTS) is 1. The number of imidazole rings is 1. The van der Waals surface area contributed by atoms with Gasteiger partial charge < -0.3 is 23.9 Å². The van der Waals surface area contributed by atoms with Crippen LogP contribution in [0.4, 0.5) is 4.39 Å². The van der Waals surface area contributed by atoms with Crippen molar-refractivity contribution in [2.24, 2.45) is 0 Å². The highest BCUT2D eigenvalue weighted by Crippen LogP contribution is 2.49. The summed E-state index contributed by atoms with van der Waals surface area (Å²) in [5.74, 6) is -0.0728. The summed E-state index contributed by atoms with van der Waals surface area (Å²) in [6.07, 6.45) is 6.22. The summed E-state index contributed by atoms with van der Waals surface area (Å²) in [6, 6.07) is 11.0. The van der Waals surface area contributed by atoms with E-state index in [4.69, 9.17) is 19.3 Å². The van der Waals surface area contributed by atoms with Gasteiger partial charge in [0.1, 0.15) is 11.6 Å². The van der Waals surface area contributed by atoms with Crippen molar-refractivity contribution in [3.05, 3.63) is 82.7 Å². The SMILES string of the molecule is COC(C)Cn1c(/C=C/C(=O)O)cnc1CN1CCC(c2cccc3c2OC(C)(c2ccc(C)cc2F)O3)CC1. The molecule has 9 heteroatoms. The normalized spacial score (nSPS) is 20.3. The molecule has 0 saturated carbocycles. The number of rotatable bonds is 9. The van der Waals surface area contributed by atoms with Gasteiger partial charge in [0.15, 0.2) is 11.5 Å². The number of carboxylic acids is 1. The molecule has 3 heterocycles. The Kier molecular flexibility index (Phi) is 7.96. The molecule has 2 aliphatic rings. The van der Waals surface area contributed by atoms with E-state index in [0.717, 1.165) is 54.7 Å². The van der Waals surface area contributed by atoms with Crippen molar-refractivity contribution >= 4 is 12.0 Å². The van der Waals surface area contributed by atoms with Gasteiger partial charge in [-0.05, 0) is 75.5 Å². The average Bonchev–Trinajstić information content (AvgIpc) is 3.47. The molecule has 2 aromatic carbocycles. The number of aryl methyl sites for hydroxylation is 1. The number of ether oxygens (including phenoxy) is 3. The number of methoxy groups -OCH3 is 1. The maximum absolute atomic E-state index is 14.8. The lowest BCUT2D eigenvalue weighted by atomic mass is 9.88. The van der Waals surface area contributed by atoms with Crippen molar-refractivity contribution < 1.29 is 28.5 Å². The van der Waals surface area contributed by atoms with Gasteiger partial charge in [0, 0.05) is 25.7 Å². The Balaban J connectivity index is 1.28. The molecule has 0 radical (unpaired) electrons. The summed E-state index contributed by atoms with van der Waals surface area (Å²) in [7, 11) is 1.66. The number of aliphatic carboxylic acids is 1. The molecule has 1 fully saturated rings. The van der Waals surface area contributed by atoms with Crippen LogP contribution in [-0.2, 0) is 28.4 Å².